The lowest BCUT2D eigenvalue weighted by Gasteiger charge is -2.25. The molecule has 0 spiro atoms. The number of fused-ring (bicyclic) bond motifs is 1. The number of phenols is 1. The summed E-state index contributed by atoms with van der Waals surface area (Å²) in [6, 6.07) is 7.50. The number of halogens is 1. The third-order valence-electron chi connectivity index (χ3n) is 3.33. The summed E-state index contributed by atoms with van der Waals surface area (Å²) in [5, 5.41) is 10.2. The molecule has 1 N–H and O–H groups in total. The van der Waals surface area contributed by atoms with Crippen molar-refractivity contribution in [3.63, 3.8) is 0 Å². The topological polar surface area (TPSA) is 50.9 Å². The molecular weight excluding hydrogens is 377 g/mol. The van der Waals surface area contributed by atoms with Crippen LogP contribution in [0.1, 0.15) is 20.8 Å². The fourth-order valence-electron chi connectivity index (χ4n) is 2.48. The van der Waals surface area contributed by atoms with Gasteiger partial charge < -0.3 is 9.67 Å². The SMILES string of the molecule is CC(C)(C)n1c(-c2cc(I)ccc2O)nc2cnccc21. The number of pyridine rings is 1. The van der Waals surface area contributed by atoms with Gasteiger partial charge in [0, 0.05) is 15.3 Å². The molecule has 0 saturated carbocycles. The molecule has 0 radical (unpaired) electrons. The van der Waals surface area contributed by atoms with Crippen molar-refractivity contribution in [2.24, 2.45) is 0 Å². The number of rotatable bonds is 1. The first-order chi connectivity index (χ1) is 9.88. The molecule has 3 aromatic rings. The molecule has 2 aromatic heterocycles. The van der Waals surface area contributed by atoms with Crippen molar-refractivity contribution < 1.29 is 5.11 Å². The van der Waals surface area contributed by atoms with Crippen LogP contribution >= 0.6 is 22.6 Å². The Labute approximate surface area is 137 Å². The average Bonchev–Trinajstić information content (AvgIpc) is 2.80. The molecule has 108 valence electrons. The lowest BCUT2D eigenvalue weighted by molar-refractivity contribution is 0.411. The maximum absolute atomic E-state index is 10.2. The van der Waals surface area contributed by atoms with E-state index in [-0.39, 0.29) is 11.3 Å². The maximum atomic E-state index is 10.2. The van der Waals surface area contributed by atoms with Gasteiger partial charge in [0.1, 0.15) is 17.1 Å². The Hall–Kier alpha value is -1.63. The van der Waals surface area contributed by atoms with E-state index >= 15 is 0 Å². The quantitative estimate of drug-likeness (QED) is 0.632. The van der Waals surface area contributed by atoms with Gasteiger partial charge in [-0.1, -0.05) is 0 Å². The minimum Gasteiger partial charge on any atom is -0.507 e. The molecule has 0 atom stereocenters. The molecule has 0 unspecified atom stereocenters. The summed E-state index contributed by atoms with van der Waals surface area (Å²) in [6.45, 7) is 6.38. The minimum absolute atomic E-state index is 0.154. The molecule has 21 heavy (non-hydrogen) atoms. The molecule has 2 heterocycles. The number of hydrogen-bond acceptors (Lipinski definition) is 3. The highest BCUT2D eigenvalue weighted by molar-refractivity contribution is 14.1. The van der Waals surface area contributed by atoms with Crippen LogP contribution in [0.3, 0.4) is 0 Å². The van der Waals surface area contributed by atoms with Crippen LogP contribution in [0.2, 0.25) is 0 Å². The summed E-state index contributed by atoms with van der Waals surface area (Å²) in [5.74, 6) is 1.01. The van der Waals surface area contributed by atoms with E-state index in [1.165, 1.54) is 0 Å². The van der Waals surface area contributed by atoms with Gasteiger partial charge in [0.25, 0.3) is 0 Å². The van der Waals surface area contributed by atoms with Gasteiger partial charge in [-0.05, 0) is 67.6 Å². The zero-order valence-corrected chi connectivity index (χ0v) is 14.3. The van der Waals surface area contributed by atoms with Crippen molar-refractivity contribution in [2.45, 2.75) is 26.3 Å². The van der Waals surface area contributed by atoms with E-state index in [4.69, 9.17) is 0 Å². The Kier molecular flexibility index (Phi) is 3.39. The molecule has 0 aliphatic carbocycles. The van der Waals surface area contributed by atoms with Crippen molar-refractivity contribution in [2.75, 3.05) is 0 Å². The zero-order valence-electron chi connectivity index (χ0n) is 12.1. The maximum Gasteiger partial charge on any atom is 0.145 e. The second-order valence-electron chi connectivity index (χ2n) is 5.97. The van der Waals surface area contributed by atoms with Crippen LogP contribution in [-0.2, 0) is 5.54 Å². The zero-order chi connectivity index (χ0) is 15.2. The van der Waals surface area contributed by atoms with Crippen LogP contribution < -0.4 is 0 Å². The highest BCUT2D eigenvalue weighted by Crippen LogP contribution is 2.35. The number of aromatic hydroxyl groups is 1. The van der Waals surface area contributed by atoms with Crippen molar-refractivity contribution in [1.82, 2.24) is 14.5 Å². The molecule has 4 nitrogen and oxygen atoms in total. The van der Waals surface area contributed by atoms with E-state index in [0.29, 0.717) is 0 Å². The van der Waals surface area contributed by atoms with Gasteiger partial charge in [0.15, 0.2) is 0 Å². The van der Waals surface area contributed by atoms with E-state index in [1.807, 2.05) is 18.2 Å². The summed E-state index contributed by atoms with van der Waals surface area (Å²) in [7, 11) is 0. The van der Waals surface area contributed by atoms with Crippen LogP contribution in [0.25, 0.3) is 22.4 Å². The van der Waals surface area contributed by atoms with Crippen LogP contribution in [0, 0.1) is 3.57 Å². The summed E-state index contributed by atoms with van der Waals surface area (Å²) < 4.78 is 3.21. The minimum atomic E-state index is -0.154. The van der Waals surface area contributed by atoms with Gasteiger partial charge in [0.2, 0.25) is 0 Å². The normalized spacial score (nSPS) is 12.0. The van der Waals surface area contributed by atoms with Crippen molar-refractivity contribution in [3.05, 3.63) is 40.2 Å². The first-order valence-electron chi connectivity index (χ1n) is 6.70. The average molecular weight is 393 g/mol. The van der Waals surface area contributed by atoms with Gasteiger partial charge in [-0.25, -0.2) is 4.98 Å². The predicted molar refractivity (Wildman–Crippen MR) is 92.3 cm³/mol. The smallest absolute Gasteiger partial charge is 0.145 e. The largest absolute Gasteiger partial charge is 0.507 e. The Morgan fingerprint density at radius 1 is 1.19 bits per heavy atom. The molecule has 0 saturated heterocycles. The first-order valence-corrected chi connectivity index (χ1v) is 7.77. The predicted octanol–water partition coefficient (Wildman–Crippen LogP) is 4.16. The molecule has 0 bridgehead atoms. The van der Waals surface area contributed by atoms with Crippen molar-refractivity contribution in [1.29, 1.82) is 0 Å². The van der Waals surface area contributed by atoms with Gasteiger partial charge in [0.05, 0.1) is 17.3 Å². The molecule has 1 aromatic carbocycles. The number of nitrogens with zero attached hydrogens (tertiary/aromatic N) is 3. The summed E-state index contributed by atoms with van der Waals surface area (Å²) in [4.78, 5) is 8.83. The number of hydrogen-bond donors (Lipinski definition) is 1. The number of phenolic OH excluding ortho intramolecular Hbond substituents is 1. The van der Waals surface area contributed by atoms with Gasteiger partial charge >= 0.3 is 0 Å². The van der Waals surface area contributed by atoms with Gasteiger partial charge in [-0.15, -0.1) is 0 Å². The van der Waals surface area contributed by atoms with Crippen LogP contribution in [0.5, 0.6) is 5.75 Å². The summed E-state index contributed by atoms with van der Waals surface area (Å²) >= 11 is 2.24. The Morgan fingerprint density at radius 2 is 1.95 bits per heavy atom. The molecule has 0 amide bonds. The Bertz CT molecular complexity index is 818. The molecule has 3 rings (SSSR count). The number of aromatic nitrogens is 3. The lowest BCUT2D eigenvalue weighted by Crippen LogP contribution is -2.22. The highest BCUT2D eigenvalue weighted by atomic mass is 127. The monoisotopic (exact) mass is 393 g/mol. The molecular formula is C16H16IN3O. The molecule has 5 heteroatoms. The third-order valence-corrected chi connectivity index (χ3v) is 4.00. The van der Waals surface area contributed by atoms with E-state index < -0.39 is 0 Å². The second-order valence-corrected chi connectivity index (χ2v) is 7.21. The lowest BCUT2D eigenvalue weighted by atomic mass is 10.1. The summed E-state index contributed by atoms with van der Waals surface area (Å²) in [5.41, 5.74) is 2.44. The van der Waals surface area contributed by atoms with Crippen LogP contribution in [0.15, 0.2) is 36.7 Å². The van der Waals surface area contributed by atoms with Crippen LogP contribution in [-0.4, -0.2) is 19.6 Å². The molecule has 0 aliphatic rings. The fraction of sp³-hybridized carbons (Fsp3) is 0.250. The van der Waals surface area contributed by atoms with E-state index in [1.54, 1.807) is 18.5 Å². The van der Waals surface area contributed by atoms with E-state index in [2.05, 4.69) is 57.9 Å². The van der Waals surface area contributed by atoms with E-state index in [9.17, 15) is 5.11 Å². The molecule has 0 aliphatic heterocycles. The highest BCUT2D eigenvalue weighted by Gasteiger charge is 2.23. The summed E-state index contributed by atoms with van der Waals surface area (Å²) in [6.07, 6.45) is 3.52. The van der Waals surface area contributed by atoms with Gasteiger partial charge in [-0.3, -0.25) is 4.98 Å². The fourth-order valence-corrected chi connectivity index (χ4v) is 2.97. The number of benzene rings is 1. The first kappa shape index (κ1) is 14.3. The van der Waals surface area contributed by atoms with Crippen molar-refractivity contribution in [3.8, 4) is 17.1 Å². The Morgan fingerprint density at radius 3 is 2.67 bits per heavy atom. The second kappa shape index (κ2) is 4.98. The number of imidazole rings is 1. The van der Waals surface area contributed by atoms with Crippen molar-refractivity contribution >= 4 is 33.6 Å². The molecule has 0 fully saturated rings. The van der Waals surface area contributed by atoms with Crippen LogP contribution in [0.4, 0.5) is 0 Å². The third kappa shape index (κ3) is 2.50. The van der Waals surface area contributed by atoms with E-state index in [0.717, 1.165) is 26.0 Å². The van der Waals surface area contributed by atoms with Gasteiger partial charge in [-0.2, -0.15) is 0 Å². The standard InChI is InChI=1S/C16H16IN3O/c1-16(2,3)20-13-6-7-18-9-12(13)19-15(20)11-8-10(17)4-5-14(11)21/h4-9,21H,1-3H3. The Balaban J connectivity index is 2.39.